The number of benzene rings is 1. The van der Waals surface area contributed by atoms with E-state index in [0.29, 0.717) is 11.1 Å². The van der Waals surface area contributed by atoms with Crippen LogP contribution in [0.3, 0.4) is 0 Å². The Hall–Kier alpha value is -2.35. The van der Waals surface area contributed by atoms with Crippen LogP contribution in [0.4, 0.5) is 4.79 Å². The Morgan fingerprint density at radius 3 is 2.60 bits per heavy atom. The summed E-state index contributed by atoms with van der Waals surface area (Å²) in [6, 6.07) is 8.85. The number of hydrogen-bond donors (Lipinski definition) is 2. The van der Waals surface area contributed by atoms with Gasteiger partial charge in [-0.15, -0.1) is 10.2 Å². The Labute approximate surface area is 150 Å². The molecule has 3 amide bonds. The molecule has 0 spiro atoms. The van der Waals surface area contributed by atoms with Crippen molar-refractivity contribution in [3.63, 3.8) is 0 Å². The maximum Gasteiger partial charge on any atom is 0.321 e. The van der Waals surface area contributed by atoms with Crippen LogP contribution in [-0.2, 0) is 11.3 Å². The van der Waals surface area contributed by atoms with E-state index in [4.69, 9.17) is 0 Å². The number of nitrogens with one attached hydrogen (secondary N) is 2. The minimum atomic E-state index is -0.583. The van der Waals surface area contributed by atoms with Gasteiger partial charge >= 0.3 is 6.03 Å². The van der Waals surface area contributed by atoms with E-state index in [1.165, 1.54) is 18.8 Å². The predicted molar refractivity (Wildman–Crippen MR) is 95.3 cm³/mol. The highest BCUT2D eigenvalue weighted by Crippen LogP contribution is 2.41. The first-order valence-corrected chi connectivity index (χ1v) is 9.19. The SMILES string of the molecule is CCn1c(S[C@H](C(=O)NC(=O)NC)c2ccccc2)nnc1C1CC1. The molecule has 8 heteroatoms. The second-order valence-electron chi connectivity index (χ2n) is 5.84. The van der Waals surface area contributed by atoms with E-state index in [1.807, 2.05) is 37.3 Å². The van der Waals surface area contributed by atoms with E-state index >= 15 is 0 Å². The third-order valence-corrected chi connectivity index (χ3v) is 5.27. The number of carbonyl (C=O) groups is 2. The molecule has 1 atom stereocenters. The zero-order chi connectivity index (χ0) is 17.8. The van der Waals surface area contributed by atoms with Crippen molar-refractivity contribution in [3.8, 4) is 0 Å². The lowest BCUT2D eigenvalue weighted by Crippen LogP contribution is -2.39. The molecular weight excluding hydrogens is 338 g/mol. The summed E-state index contributed by atoms with van der Waals surface area (Å²) in [7, 11) is 1.48. The predicted octanol–water partition coefficient (Wildman–Crippen LogP) is 2.46. The van der Waals surface area contributed by atoms with Gasteiger partial charge in [-0.05, 0) is 25.3 Å². The van der Waals surface area contributed by atoms with Gasteiger partial charge in [-0.2, -0.15) is 0 Å². The molecule has 0 radical (unpaired) electrons. The molecule has 1 fully saturated rings. The Balaban J connectivity index is 1.87. The molecule has 1 aromatic heterocycles. The smallest absolute Gasteiger partial charge is 0.321 e. The number of aromatic nitrogens is 3. The van der Waals surface area contributed by atoms with Gasteiger partial charge < -0.3 is 9.88 Å². The van der Waals surface area contributed by atoms with Crippen molar-refractivity contribution in [3.05, 3.63) is 41.7 Å². The minimum absolute atomic E-state index is 0.380. The Bertz CT molecular complexity index is 758. The maximum absolute atomic E-state index is 12.6. The molecule has 1 saturated carbocycles. The van der Waals surface area contributed by atoms with Gasteiger partial charge in [-0.25, -0.2) is 4.79 Å². The van der Waals surface area contributed by atoms with Gasteiger partial charge in [-0.1, -0.05) is 42.1 Å². The first-order chi connectivity index (χ1) is 12.1. The first kappa shape index (κ1) is 17.5. The molecule has 1 aliphatic rings. The zero-order valence-electron chi connectivity index (χ0n) is 14.2. The molecular formula is C17H21N5O2S. The second kappa shape index (κ2) is 7.69. The molecule has 0 unspecified atom stereocenters. The van der Waals surface area contributed by atoms with Gasteiger partial charge in [0.15, 0.2) is 5.16 Å². The maximum atomic E-state index is 12.6. The van der Waals surface area contributed by atoms with Gasteiger partial charge in [0, 0.05) is 19.5 Å². The summed E-state index contributed by atoms with van der Waals surface area (Å²) in [5.74, 6) is 1.09. The van der Waals surface area contributed by atoms with Crippen molar-refractivity contribution in [2.45, 2.75) is 42.6 Å². The van der Waals surface area contributed by atoms with Crippen LogP contribution in [0.25, 0.3) is 0 Å². The second-order valence-corrected chi connectivity index (χ2v) is 6.91. The number of urea groups is 1. The van der Waals surface area contributed by atoms with Crippen LogP contribution < -0.4 is 10.6 Å². The molecule has 2 N–H and O–H groups in total. The molecule has 1 heterocycles. The van der Waals surface area contributed by atoms with Crippen LogP contribution in [-0.4, -0.2) is 33.8 Å². The van der Waals surface area contributed by atoms with E-state index in [9.17, 15) is 9.59 Å². The lowest BCUT2D eigenvalue weighted by molar-refractivity contribution is -0.119. The van der Waals surface area contributed by atoms with Gasteiger partial charge in [0.1, 0.15) is 11.1 Å². The highest BCUT2D eigenvalue weighted by Gasteiger charge is 2.32. The molecule has 0 aliphatic heterocycles. The fourth-order valence-corrected chi connectivity index (χ4v) is 3.68. The van der Waals surface area contributed by atoms with Crippen molar-refractivity contribution in [2.24, 2.45) is 0 Å². The quantitative estimate of drug-likeness (QED) is 0.774. The number of amides is 3. The Morgan fingerprint density at radius 2 is 2.00 bits per heavy atom. The summed E-state index contributed by atoms with van der Waals surface area (Å²) in [6.07, 6.45) is 2.28. The van der Waals surface area contributed by atoms with E-state index in [1.54, 1.807) is 0 Å². The molecule has 7 nitrogen and oxygen atoms in total. The summed E-state index contributed by atoms with van der Waals surface area (Å²) >= 11 is 1.32. The minimum Gasteiger partial charge on any atom is -0.341 e. The number of rotatable bonds is 6. The number of thioether (sulfide) groups is 1. The third kappa shape index (κ3) is 4.01. The molecule has 0 bridgehead atoms. The van der Waals surface area contributed by atoms with Crippen LogP contribution in [0.15, 0.2) is 35.5 Å². The van der Waals surface area contributed by atoms with E-state index in [2.05, 4.69) is 25.4 Å². The normalized spacial score (nSPS) is 14.8. The number of carbonyl (C=O) groups excluding carboxylic acids is 2. The van der Waals surface area contributed by atoms with E-state index < -0.39 is 11.3 Å². The third-order valence-electron chi connectivity index (χ3n) is 4.03. The summed E-state index contributed by atoms with van der Waals surface area (Å²) in [5, 5.41) is 13.5. The van der Waals surface area contributed by atoms with Crippen molar-refractivity contribution >= 4 is 23.7 Å². The largest absolute Gasteiger partial charge is 0.341 e. The van der Waals surface area contributed by atoms with Gasteiger partial charge in [0.2, 0.25) is 5.91 Å². The fourth-order valence-electron chi connectivity index (χ4n) is 2.57. The average Bonchev–Trinajstić information content (AvgIpc) is 3.40. The van der Waals surface area contributed by atoms with Crippen LogP contribution in [0.1, 0.15) is 42.3 Å². The number of hydrogen-bond acceptors (Lipinski definition) is 5. The molecule has 3 rings (SSSR count). The van der Waals surface area contributed by atoms with Crippen molar-refractivity contribution in [2.75, 3.05) is 7.05 Å². The molecule has 132 valence electrons. The Kier molecular flexibility index (Phi) is 5.37. The standard InChI is InChI=1S/C17H21N5O2S/c1-3-22-14(12-9-10-12)20-21-17(22)25-13(11-7-5-4-6-8-11)15(23)19-16(24)18-2/h4-8,12-13H,3,9-10H2,1-2H3,(H2,18,19,23,24)/t13-/m0/s1. The lowest BCUT2D eigenvalue weighted by atomic mass is 10.1. The first-order valence-electron chi connectivity index (χ1n) is 8.31. The highest BCUT2D eigenvalue weighted by atomic mass is 32.2. The van der Waals surface area contributed by atoms with Crippen molar-refractivity contribution in [1.82, 2.24) is 25.4 Å². The van der Waals surface area contributed by atoms with E-state index in [-0.39, 0.29) is 5.91 Å². The topological polar surface area (TPSA) is 88.9 Å². The molecule has 2 aromatic rings. The van der Waals surface area contributed by atoms with Gasteiger partial charge in [-0.3, -0.25) is 10.1 Å². The summed E-state index contributed by atoms with van der Waals surface area (Å²) in [5.41, 5.74) is 0.813. The monoisotopic (exact) mass is 359 g/mol. The summed E-state index contributed by atoms with van der Waals surface area (Å²) in [4.78, 5) is 24.2. The van der Waals surface area contributed by atoms with Gasteiger partial charge in [0.25, 0.3) is 0 Å². The molecule has 25 heavy (non-hydrogen) atoms. The number of imide groups is 1. The van der Waals surface area contributed by atoms with Crippen molar-refractivity contribution in [1.29, 1.82) is 0 Å². The van der Waals surface area contributed by atoms with Crippen LogP contribution in [0.2, 0.25) is 0 Å². The summed E-state index contributed by atoms with van der Waals surface area (Å²) < 4.78 is 2.06. The van der Waals surface area contributed by atoms with Crippen LogP contribution in [0.5, 0.6) is 0 Å². The van der Waals surface area contributed by atoms with Crippen molar-refractivity contribution < 1.29 is 9.59 Å². The summed E-state index contributed by atoms with van der Waals surface area (Å²) in [6.45, 7) is 2.79. The molecule has 1 aliphatic carbocycles. The molecule has 1 aromatic carbocycles. The average molecular weight is 359 g/mol. The van der Waals surface area contributed by atoms with Crippen LogP contribution >= 0.6 is 11.8 Å². The highest BCUT2D eigenvalue weighted by molar-refractivity contribution is 8.00. The molecule has 0 saturated heterocycles. The fraction of sp³-hybridized carbons (Fsp3) is 0.412. The van der Waals surface area contributed by atoms with Crippen LogP contribution in [0, 0.1) is 0 Å². The van der Waals surface area contributed by atoms with Gasteiger partial charge in [0.05, 0.1) is 0 Å². The Morgan fingerprint density at radius 1 is 1.28 bits per heavy atom. The zero-order valence-corrected chi connectivity index (χ0v) is 15.0. The lowest BCUT2D eigenvalue weighted by Gasteiger charge is -2.16. The number of nitrogens with zero attached hydrogens (tertiary/aromatic N) is 3. The van der Waals surface area contributed by atoms with E-state index in [0.717, 1.165) is 30.8 Å².